The van der Waals surface area contributed by atoms with Crippen molar-refractivity contribution >= 4 is 0 Å². The number of rotatable bonds is 4. The number of benzene rings is 1. The molecule has 4 heteroatoms. The Morgan fingerprint density at radius 1 is 1.32 bits per heavy atom. The maximum absolute atomic E-state index is 10.9. The maximum Gasteiger partial charge on any atom is 0.125 e. The van der Waals surface area contributed by atoms with Crippen molar-refractivity contribution in [1.29, 1.82) is 0 Å². The van der Waals surface area contributed by atoms with Gasteiger partial charge in [0.2, 0.25) is 0 Å². The molecule has 0 amide bonds. The average molecular weight is 305 g/mol. The summed E-state index contributed by atoms with van der Waals surface area (Å²) in [6.07, 6.45) is 4.71. The molecule has 1 saturated heterocycles. The smallest absolute Gasteiger partial charge is 0.125 e. The molecule has 4 nitrogen and oxygen atoms in total. The molecule has 0 aliphatic carbocycles. The summed E-state index contributed by atoms with van der Waals surface area (Å²) >= 11 is 0. The third-order valence-corrected chi connectivity index (χ3v) is 5.14. The van der Waals surface area contributed by atoms with E-state index in [9.17, 15) is 10.2 Å². The van der Waals surface area contributed by atoms with E-state index < -0.39 is 6.10 Å². The molecule has 3 rings (SSSR count). The second-order valence-corrected chi connectivity index (χ2v) is 6.45. The SMILES string of the molecule is CCc1ccc2c(c1)C(O)C(N1CCCCC1CCO)CO2. The molecule has 0 saturated carbocycles. The van der Waals surface area contributed by atoms with Gasteiger partial charge in [-0.15, -0.1) is 0 Å². The average Bonchev–Trinajstić information content (AvgIpc) is 2.56. The standard InChI is InChI=1S/C18H27NO3/c1-2-13-6-7-17-15(11-13)18(21)16(12-22-17)19-9-4-3-5-14(19)8-10-20/h6-7,11,14,16,18,20-21H,2-5,8-10,12H2,1H3. The third-order valence-electron chi connectivity index (χ3n) is 5.14. The van der Waals surface area contributed by atoms with E-state index >= 15 is 0 Å². The van der Waals surface area contributed by atoms with Crippen LogP contribution in [0, 0.1) is 0 Å². The lowest BCUT2D eigenvalue weighted by Crippen LogP contribution is -2.52. The molecule has 1 fully saturated rings. The van der Waals surface area contributed by atoms with Crippen LogP contribution in [0.2, 0.25) is 0 Å². The summed E-state index contributed by atoms with van der Waals surface area (Å²) < 4.78 is 5.92. The van der Waals surface area contributed by atoms with Crippen molar-refractivity contribution in [2.75, 3.05) is 19.8 Å². The monoisotopic (exact) mass is 305 g/mol. The predicted octanol–water partition coefficient (Wildman–Crippen LogP) is 2.28. The Labute approximate surface area is 132 Å². The summed E-state index contributed by atoms with van der Waals surface area (Å²) in [6, 6.07) is 6.49. The molecule has 0 spiro atoms. The van der Waals surface area contributed by atoms with E-state index in [-0.39, 0.29) is 12.6 Å². The van der Waals surface area contributed by atoms with Gasteiger partial charge in [0, 0.05) is 18.2 Å². The summed E-state index contributed by atoms with van der Waals surface area (Å²) in [5.74, 6) is 0.816. The first-order valence-corrected chi connectivity index (χ1v) is 8.55. The van der Waals surface area contributed by atoms with E-state index in [0.29, 0.717) is 12.6 Å². The number of hydrogen-bond acceptors (Lipinski definition) is 4. The van der Waals surface area contributed by atoms with Gasteiger partial charge in [0.05, 0.1) is 6.04 Å². The quantitative estimate of drug-likeness (QED) is 0.896. The van der Waals surface area contributed by atoms with Gasteiger partial charge in [-0.1, -0.05) is 19.4 Å². The van der Waals surface area contributed by atoms with E-state index in [2.05, 4.69) is 24.0 Å². The number of aliphatic hydroxyl groups is 2. The fourth-order valence-electron chi connectivity index (χ4n) is 3.85. The minimum absolute atomic E-state index is 0.00328. The molecule has 2 aliphatic heterocycles. The molecule has 2 heterocycles. The Kier molecular flexibility index (Phi) is 5.01. The summed E-state index contributed by atoms with van der Waals surface area (Å²) in [5, 5.41) is 20.2. The lowest BCUT2D eigenvalue weighted by atomic mass is 9.91. The minimum atomic E-state index is -0.505. The van der Waals surface area contributed by atoms with Gasteiger partial charge in [0.25, 0.3) is 0 Å². The van der Waals surface area contributed by atoms with E-state index in [1.54, 1.807) is 0 Å². The second kappa shape index (κ2) is 6.99. The Morgan fingerprint density at radius 3 is 2.95 bits per heavy atom. The van der Waals surface area contributed by atoms with Crippen LogP contribution in [0.25, 0.3) is 0 Å². The number of aliphatic hydroxyl groups excluding tert-OH is 2. The highest BCUT2D eigenvalue weighted by molar-refractivity contribution is 5.41. The molecule has 0 radical (unpaired) electrons. The zero-order valence-electron chi connectivity index (χ0n) is 13.4. The molecule has 0 aromatic heterocycles. The van der Waals surface area contributed by atoms with Crippen LogP contribution in [0.3, 0.4) is 0 Å². The zero-order valence-corrected chi connectivity index (χ0v) is 13.4. The van der Waals surface area contributed by atoms with Crippen LogP contribution in [-0.2, 0) is 6.42 Å². The highest BCUT2D eigenvalue weighted by atomic mass is 16.5. The number of aryl methyl sites for hydroxylation is 1. The van der Waals surface area contributed by atoms with Gasteiger partial charge in [-0.25, -0.2) is 0 Å². The Bertz CT molecular complexity index is 503. The van der Waals surface area contributed by atoms with Crippen LogP contribution < -0.4 is 4.74 Å². The highest BCUT2D eigenvalue weighted by Crippen LogP contribution is 2.37. The molecule has 1 aromatic carbocycles. The van der Waals surface area contributed by atoms with E-state index in [4.69, 9.17) is 4.74 Å². The number of likely N-dealkylation sites (tertiary alicyclic amines) is 1. The predicted molar refractivity (Wildman–Crippen MR) is 86.1 cm³/mol. The Hall–Kier alpha value is -1.10. The van der Waals surface area contributed by atoms with Crippen molar-refractivity contribution in [2.45, 2.75) is 57.2 Å². The number of fused-ring (bicyclic) bond motifs is 1. The van der Waals surface area contributed by atoms with Crippen LogP contribution in [0.4, 0.5) is 0 Å². The van der Waals surface area contributed by atoms with Crippen molar-refractivity contribution in [3.05, 3.63) is 29.3 Å². The third kappa shape index (κ3) is 3.00. The van der Waals surface area contributed by atoms with Crippen molar-refractivity contribution in [2.24, 2.45) is 0 Å². The van der Waals surface area contributed by atoms with Crippen molar-refractivity contribution in [3.63, 3.8) is 0 Å². The normalized spacial score (nSPS) is 29.0. The number of ether oxygens (including phenoxy) is 1. The first kappa shape index (κ1) is 15.8. The fraction of sp³-hybridized carbons (Fsp3) is 0.667. The number of piperidine rings is 1. The van der Waals surface area contributed by atoms with E-state index in [1.165, 1.54) is 12.0 Å². The first-order valence-electron chi connectivity index (χ1n) is 8.55. The van der Waals surface area contributed by atoms with Gasteiger partial charge in [0.15, 0.2) is 0 Å². The van der Waals surface area contributed by atoms with E-state index in [0.717, 1.165) is 43.5 Å². The lowest BCUT2D eigenvalue weighted by Gasteiger charge is -2.44. The van der Waals surface area contributed by atoms with Gasteiger partial charge in [-0.3, -0.25) is 4.90 Å². The van der Waals surface area contributed by atoms with Crippen LogP contribution in [-0.4, -0.2) is 47.0 Å². The van der Waals surface area contributed by atoms with Crippen molar-refractivity contribution in [3.8, 4) is 5.75 Å². The van der Waals surface area contributed by atoms with Crippen LogP contribution in [0.15, 0.2) is 18.2 Å². The van der Waals surface area contributed by atoms with Crippen molar-refractivity contribution < 1.29 is 14.9 Å². The molecule has 0 bridgehead atoms. The number of nitrogens with zero attached hydrogens (tertiary/aromatic N) is 1. The largest absolute Gasteiger partial charge is 0.491 e. The lowest BCUT2D eigenvalue weighted by molar-refractivity contribution is -0.0332. The Balaban J connectivity index is 1.82. The molecule has 2 N–H and O–H groups in total. The number of hydrogen-bond donors (Lipinski definition) is 2. The van der Waals surface area contributed by atoms with Gasteiger partial charge < -0.3 is 14.9 Å². The molecule has 2 aliphatic rings. The molecular weight excluding hydrogens is 278 g/mol. The molecule has 1 aromatic rings. The topological polar surface area (TPSA) is 52.9 Å². The Morgan fingerprint density at radius 2 is 2.18 bits per heavy atom. The molecule has 122 valence electrons. The summed E-state index contributed by atoms with van der Waals surface area (Å²) in [7, 11) is 0. The van der Waals surface area contributed by atoms with Gasteiger partial charge in [-0.05, 0) is 49.9 Å². The van der Waals surface area contributed by atoms with Gasteiger partial charge in [-0.2, -0.15) is 0 Å². The molecule has 3 unspecified atom stereocenters. The molecule has 3 atom stereocenters. The molecular formula is C18H27NO3. The summed E-state index contributed by atoms with van der Waals surface area (Å²) in [5.41, 5.74) is 2.15. The van der Waals surface area contributed by atoms with E-state index in [1.807, 2.05) is 6.07 Å². The van der Waals surface area contributed by atoms with Crippen molar-refractivity contribution in [1.82, 2.24) is 4.90 Å². The second-order valence-electron chi connectivity index (χ2n) is 6.45. The minimum Gasteiger partial charge on any atom is -0.491 e. The summed E-state index contributed by atoms with van der Waals surface area (Å²) in [6.45, 7) is 3.85. The summed E-state index contributed by atoms with van der Waals surface area (Å²) in [4.78, 5) is 2.37. The maximum atomic E-state index is 10.9. The van der Waals surface area contributed by atoms with Crippen LogP contribution in [0.5, 0.6) is 5.75 Å². The first-order chi connectivity index (χ1) is 10.7. The molecule has 22 heavy (non-hydrogen) atoms. The van der Waals surface area contributed by atoms with Gasteiger partial charge in [0.1, 0.15) is 18.5 Å². The van der Waals surface area contributed by atoms with Crippen LogP contribution in [0.1, 0.15) is 49.8 Å². The zero-order chi connectivity index (χ0) is 15.5. The van der Waals surface area contributed by atoms with Crippen LogP contribution >= 0.6 is 0 Å². The van der Waals surface area contributed by atoms with Gasteiger partial charge >= 0.3 is 0 Å². The fourth-order valence-corrected chi connectivity index (χ4v) is 3.85. The highest BCUT2D eigenvalue weighted by Gasteiger charge is 2.37.